The summed E-state index contributed by atoms with van der Waals surface area (Å²) in [5.74, 6) is -2.32. The summed E-state index contributed by atoms with van der Waals surface area (Å²) >= 11 is 7.51. The fourth-order valence-electron chi connectivity index (χ4n) is 5.31. The maximum absolute atomic E-state index is 13.9. The van der Waals surface area contributed by atoms with Crippen molar-refractivity contribution in [3.8, 4) is 0 Å². The van der Waals surface area contributed by atoms with Gasteiger partial charge < -0.3 is 19.6 Å². The van der Waals surface area contributed by atoms with Crippen LogP contribution in [-0.2, 0) is 19.1 Å². The minimum absolute atomic E-state index is 0.0264. The molecule has 1 aromatic carbocycles. The van der Waals surface area contributed by atoms with Crippen molar-refractivity contribution in [2.24, 2.45) is 11.8 Å². The molecule has 7 nitrogen and oxygen atoms in total. The number of aliphatic hydroxyl groups is 1. The highest BCUT2D eigenvalue weighted by molar-refractivity contribution is 8.02. The molecule has 0 radical (unpaired) electrons. The first-order chi connectivity index (χ1) is 15.5. The highest BCUT2D eigenvalue weighted by Crippen LogP contribution is 2.60. The molecule has 1 N–H and O–H groups in total. The number of halogens is 1. The number of esters is 1. The molecule has 0 saturated carbocycles. The maximum atomic E-state index is 13.9. The third kappa shape index (κ3) is 3.19. The van der Waals surface area contributed by atoms with Crippen molar-refractivity contribution in [1.82, 2.24) is 4.90 Å². The quantitative estimate of drug-likeness (QED) is 0.533. The van der Waals surface area contributed by atoms with E-state index in [0.717, 1.165) is 0 Å². The van der Waals surface area contributed by atoms with Gasteiger partial charge in [0, 0.05) is 29.0 Å². The van der Waals surface area contributed by atoms with Gasteiger partial charge in [-0.25, -0.2) is 0 Å². The summed E-state index contributed by atoms with van der Waals surface area (Å²) in [6.45, 7) is 0.369. The van der Waals surface area contributed by atoms with Crippen molar-refractivity contribution < 1.29 is 24.2 Å². The van der Waals surface area contributed by atoms with Crippen LogP contribution in [0.5, 0.6) is 0 Å². The van der Waals surface area contributed by atoms with Gasteiger partial charge in [-0.1, -0.05) is 35.9 Å². The molecule has 1 unspecified atom stereocenters. The number of benzene rings is 1. The first-order valence-corrected chi connectivity index (χ1v) is 11.9. The zero-order valence-electron chi connectivity index (χ0n) is 17.2. The van der Waals surface area contributed by atoms with Crippen LogP contribution in [0.15, 0.2) is 48.6 Å². The van der Waals surface area contributed by atoms with Crippen molar-refractivity contribution in [3.05, 3.63) is 53.6 Å². The summed E-state index contributed by atoms with van der Waals surface area (Å²) < 4.78 is 4.52. The number of carbonyl (C=O) groups excluding carboxylic acids is 3. The van der Waals surface area contributed by atoms with Gasteiger partial charge in [-0.3, -0.25) is 14.4 Å². The fraction of sp³-hybridized carbons (Fsp3) is 0.435. The van der Waals surface area contributed by atoms with Crippen molar-refractivity contribution in [2.75, 3.05) is 31.2 Å². The Balaban J connectivity index is 1.61. The number of β-amino-alcohol motifs (C(OH)–C–C–N with tert-alkyl or cyclic N) is 1. The van der Waals surface area contributed by atoms with Crippen molar-refractivity contribution in [3.63, 3.8) is 0 Å². The van der Waals surface area contributed by atoms with Gasteiger partial charge in [0.2, 0.25) is 5.91 Å². The SMILES string of the molecule is O=C1OCCC=C[C@@H]2S[C@]34C=CCN(c5ccc(Cl)cc5)C(=O)C3N(CCO)C(=O)[C@@H]4[C@H]12. The second kappa shape index (κ2) is 8.24. The standard InChI is InChI=1S/C23H23ClN2O5S/c24-14-5-7-15(8-6-14)25-10-3-9-23-18(20(28)26(11-12-27)19(23)21(25)29)17-16(32-23)4-1-2-13-31-22(17)30/h1,3-9,16-19,27H,2,10-13H2/t16-,17+,18-,19?,23-/m0/s1. The molecule has 0 bridgehead atoms. The predicted octanol–water partition coefficient (Wildman–Crippen LogP) is 2.04. The van der Waals surface area contributed by atoms with Crippen LogP contribution in [0, 0.1) is 11.8 Å². The number of hydrogen-bond acceptors (Lipinski definition) is 6. The highest BCUT2D eigenvalue weighted by atomic mass is 35.5. The molecule has 168 valence electrons. The van der Waals surface area contributed by atoms with E-state index in [2.05, 4.69) is 0 Å². The molecule has 5 rings (SSSR count). The summed E-state index contributed by atoms with van der Waals surface area (Å²) in [5, 5.41) is 9.98. The largest absolute Gasteiger partial charge is 0.465 e. The van der Waals surface area contributed by atoms with E-state index < -0.39 is 28.6 Å². The fourth-order valence-corrected chi connectivity index (χ4v) is 7.44. The first-order valence-electron chi connectivity index (χ1n) is 10.6. The molecular formula is C23H23ClN2O5S. The predicted molar refractivity (Wildman–Crippen MR) is 121 cm³/mol. The van der Waals surface area contributed by atoms with Gasteiger partial charge in [-0.15, -0.1) is 11.8 Å². The summed E-state index contributed by atoms with van der Waals surface area (Å²) in [7, 11) is 0. The Morgan fingerprint density at radius 3 is 2.69 bits per heavy atom. The van der Waals surface area contributed by atoms with Crippen LogP contribution in [0.1, 0.15) is 6.42 Å². The van der Waals surface area contributed by atoms with E-state index in [1.165, 1.54) is 16.7 Å². The van der Waals surface area contributed by atoms with Crippen molar-refractivity contribution in [2.45, 2.75) is 22.5 Å². The number of rotatable bonds is 3. The summed E-state index contributed by atoms with van der Waals surface area (Å²) in [5.41, 5.74) is 0.675. The topological polar surface area (TPSA) is 87.2 Å². The lowest BCUT2D eigenvalue weighted by atomic mass is 9.78. The lowest BCUT2D eigenvalue weighted by Crippen LogP contribution is -2.53. The van der Waals surface area contributed by atoms with Gasteiger partial charge in [-0.2, -0.15) is 0 Å². The number of cyclic esters (lactones) is 1. The highest BCUT2D eigenvalue weighted by Gasteiger charge is 2.70. The maximum Gasteiger partial charge on any atom is 0.311 e. The van der Waals surface area contributed by atoms with Crippen molar-refractivity contribution in [1.29, 1.82) is 0 Å². The number of ether oxygens (including phenoxy) is 1. The van der Waals surface area contributed by atoms with Crippen LogP contribution < -0.4 is 4.90 Å². The molecule has 0 aromatic heterocycles. The number of nitrogens with zero attached hydrogens (tertiary/aromatic N) is 2. The number of hydrogen-bond donors (Lipinski definition) is 1. The molecule has 0 aliphatic carbocycles. The van der Waals surface area contributed by atoms with E-state index in [9.17, 15) is 19.5 Å². The molecule has 1 spiro atoms. The van der Waals surface area contributed by atoms with Gasteiger partial charge in [0.1, 0.15) is 6.04 Å². The van der Waals surface area contributed by atoms with E-state index in [1.54, 1.807) is 29.2 Å². The summed E-state index contributed by atoms with van der Waals surface area (Å²) in [6, 6.07) is 6.14. The average Bonchev–Trinajstić information content (AvgIpc) is 3.13. The Morgan fingerprint density at radius 1 is 1.16 bits per heavy atom. The Bertz CT molecular complexity index is 1010. The number of fused-ring (bicyclic) bond motifs is 2. The number of anilines is 1. The molecule has 2 amide bonds. The molecule has 2 saturated heterocycles. The Hall–Kier alpha value is -2.29. The van der Waals surface area contributed by atoms with Crippen LogP contribution in [0.4, 0.5) is 5.69 Å². The van der Waals surface area contributed by atoms with E-state index in [4.69, 9.17) is 16.3 Å². The monoisotopic (exact) mass is 474 g/mol. The minimum atomic E-state index is -0.909. The Kier molecular flexibility index (Phi) is 5.55. The van der Waals surface area contributed by atoms with E-state index in [-0.39, 0.29) is 36.8 Å². The first kappa shape index (κ1) is 21.6. The van der Waals surface area contributed by atoms with Gasteiger partial charge >= 0.3 is 5.97 Å². The molecule has 32 heavy (non-hydrogen) atoms. The van der Waals surface area contributed by atoms with Gasteiger partial charge in [0.25, 0.3) is 5.91 Å². The van der Waals surface area contributed by atoms with Gasteiger partial charge in [-0.05, 0) is 30.7 Å². The number of amides is 2. The Labute approximate surface area is 195 Å². The van der Waals surface area contributed by atoms with E-state index in [0.29, 0.717) is 23.7 Å². The molecule has 4 aliphatic heterocycles. The summed E-state index contributed by atoms with van der Waals surface area (Å²) in [6.07, 6.45) is 8.41. The molecule has 2 fully saturated rings. The summed E-state index contributed by atoms with van der Waals surface area (Å²) in [4.78, 5) is 43.6. The number of aliphatic hydroxyl groups excluding tert-OH is 1. The minimum Gasteiger partial charge on any atom is -0.465 e. The van der Waals surface area contributed by atoms with E-state index in [1.807, 2.05) is 24.3 Å². The zero-order valence-corrected chi connectivity index (χ0v) is 18.8. The van der Waals surface area contributed by atoms with Crippen LogP contribution in [0.25, 0.3) is 0 Å². The third-order valence-electron chi connectivity index (χ3n) is 6.60. The lowest BCUT2D eigenvalue weighted by molar-refractivity contribution is -0.153. The van der Waals surface area contributed by atoms with Crippen LogP contribution >= 0.6 is 23.4 Å². The van der Waals surface area contributed by atoms with E-state index >= 15 is 0 Å². The molecule has 4 aliphatic rings. The van der Waals surface area contributed by atoms with Gasteiger partial charge in [0.15, 0.2) is 0 Å². The number of thioether (sulfide) groups is 1. The Morgan fingerprint density at radius 2 is 1.94 bits per heavy atom. The molecule has 4 heterocycles. The normalized spacial score (nSPS) is 33.9. The smallest absolute Gasteiger partial charge is 0.311 e. The number of carbonyl (C=O) groups is 3. The zero-order chi connectivity index (χ0) is 22.5. The number of likely N-dealkylation sites (tertiary alicyclic amines) is 1. The van der Waals surface area contributed by atoms with Crippen molar-refractivity contribution >= 4 is 46.8 Å². The van der Waals surface area contributed by atoms with Crippen LogP contribution in [0.3, 0.4) is 0 Å². The third-order valence-corrected chi connectivity index (χ3v) is 8.60. The second-order valence-corrected chi connectivity index (χ2v) is 10.2. The molecule has 9 heteroatoms. The second-order valence-electron chi connectivity index (χ2n) is 8.31. The van der Waals surface area contributed by atoms with Crippen LogP contribution in [-0.4, -0.2) is 70.1 Å². The van der Waals surface area contributed by atoms with Gasteiger partial charge in [0.05, 0.1) is 29.8 Å². The molecular weight excluding hydrogens is 452 g/mol. The lowest BCUT2D eigenvalue weighted by Gasteiger charge is -2.35. The van der Waals surface area contributed by atoms with Crippen LogP contribution in [0.2, 0.25) is 5.02 Å². The molecule has 5 atom stereocenters. The average molecular weight is 475 g/mol. The molecule has 1 aromatic rings.